The average Bonchev–Trinajstić information content (AvgIpc) is 3.86. The molecule has 0 saturated carbocycles. The van der Waals surface area contributed by atoms with Gasteiger partial charge in [0, 0.05) is 91.4 Å². The zero-order valence-corrected chi connectivity index (χ0v) is 38.2. The van der Waals surface area contributed by atoms with Gasteiger partial charge in [-0.25, -0.2) is 32.5 Å². The largest absolute Gasteiger partial charge is 0.443 e. The van der Waals surface area contributed by atoms with Crippen LogP contribution in [0.5, 0.6) is 0 Å². The van der Waals surface area contributed by atoms with Crippen molar-refractivity contribution in [3.05, 3.63) is 165 Å². The molecule has 0 spiro atoms. The Hall–Kier alpha value is -8.75. The number of nitrogen functional groups attached to an aromatic ring is 2. The van der Waals surface area contributed by atoms with Crippen LogP contribution < -0.4 is 42.8 Å². The van der Waals surface area contributed by atoms with Gasteiger partial charge in [0.2, 0.25) is 11.4 Å². The third-order valence-electron chi connectivity index (χ3n) is 9.60. The highest BCUT2D eigenvalue weighted by atomic mass is 19.1. The van der Waals surface area contributed by atoms with Crippen LogP contribution in [0.2, 0.25) is 0 Å². The minimum absolute atomic E-state index is 0. The molecule has 7 N–H and O–H groups in total. The molecule has 0 aliphatic rings. The fourth-order valence-corrected chi connectivity index (χ4v) is 6.00. The van der Waals surface area contributed by atoms with E-state index in [1.54, 1.807) is 137 Å². The summed E-state index contributed by atoms with van der Waals surface area (Å²) >= 11 is 0. The van der Waals surface area contributed by atoms with Crippen LogP contribution in [0.25, 0.3) is 22.8 Å². The summed E-state index contributed by atoms with van der Waals surface area (Å²) in [6, 6.07) is 25.6. The number of aromatic nitrogens is 4. The molecule has 3 heterocycles. The van der Waals surface area contributed by atoms with Crippen LogP contribution in [0.15, 0.2) is 113 Å². The van der Waals surface area contributed by atoms with Gasteiger partial charge in [0.05, 0.1) is 40.1 Å². The Morgan fingerprint density at radius 2 is 1.23 bits per heavy atom. The first-order chi connectivity index (χ1) is 32.3. The lowest BCUT2D eigenvalue weighted by Gasteiger charge is -2.16. The van der Waals surface area contributed by atoms with Crippen molar-refractivity contribution in [3.8, 4) is 35.0 Å². The van der Waals surface area contributed by atoms with Crippen molar-refractivity contribution in [1.29, 1.82) is 10.5 Å². The number of oxazole rings is 1. The highest BCUT2D eigenvalue weighted by molar-refractivity contribution is 5.97. The van der Waals surface area contributed by atoms with E-state index in [0.717, 1.165) is 0 Å². The van der Waals surface area contributed by atoms with E-state index >= 15 is 0 Å². The standard InChI is InChI=1S/C23H22FN7O3.C9H13FN2.C9H9FN2.C7H5FN2.2CH4/c1-30(2)15-6-4-5-13(17(15)24)11-27-22(33)20-21(25)29-19(23-26-9-10-34-23)18(28-20)14-7-8-16(32)31(3)12-14;2*1-12(2)8-5-3-4-7(6-11)9(8)10;8-7-5(4-9)2-1-3-6(7)10;;/h4-10,12H,11H2,1-3H3,(H2,25,29)(H,27,33);3-5H,6,11H2,1-2H3;3-5H,1-2H3;1-3H,10H2;2*1H4. The van der Waals surface area contributed by atoms with E-state index in [1.807, 2.05) is 0 Å². The zero-order valence-electron chi connectivity index (χ0n) is 38.2. The number of halogens is 4. The molecule has 70 heavy (non-hydrogen) atoms. The summed E-state index contributed by atoms with van der Waals surface area (Å²) in [4.78, 5) is 42.6. The van der Waals surface area contributed by atoms with Crippen molar-refractivity contribution < 1.29 is 26.8 Å². The number of anilines is 5. The first-order valence-corrected chi connectivity index (χ1v) is 20.3. The van der Waals surface area contributed by atoms with E-state index < -0.39 is 23.4 Å². The lowest BCUT2D eigenvalue weighted by atomic mass is 10.1. The number of pyridine rings is 1. The fraction of sp³-hybridized carbons (Fsp3) is 0.220. The molecule has 7 rings (SSSR count). The van der Waals surface area contributed by atoms with Gasteiger partial charge in [-0.1, -0.05) is 51.3 Å². The molecule has 4 aromatic carbocycles. The molecule has 0 aliphatic heterocycles. The molecule has 16 nitrogen and oxygen atoms in total. The third kappa shape index (κ3) is 14.4. The Labute approximate surface area is 404 Å². The van der Waals surface area contributed by atoms with Crippen molar-refractivity contribution in [2.24, 2.45) is 12.8 Å². The molecule has 0 unspecified atom stereocenters. The maximum absolute atomic E-state index is 14.7. The molecule has 0 aliphatic carbocycles. The van der Waals surface area contributed by atoms with Gasteiger partial charge in [-0.15, -0.1) is 0 Å². The number of amides is 1. The van der Waals surface area contributed by atoms with Crippen LogP contribution in [-0.2, 0) is 20.1 Å². The summed E-state index contributed by atoms with van der Waals surface area (Å²) in [7, 11) is 12.1. The SMILES string of the molecule is C.C.CN(C)c1cccc(C#N)c1F.CN(C)c1cccc(CN)c1F.CN(C)c1cccc(CNC(=O)c2nc(-c3ccc(=O)n(C)c3)c(-c3ncco3)nc2N)c1F.N#Cc1cccc(N)c1F. The highest BCUT2D eigenvalue weighted by Crippen LogP contribution is 2.30. The zero-order chi connectivity index (χ0) is 50.2. The second-order valence-corrected chi connectivity index (χ2v) is 15.0. The van der Waals surface area contributed by atoms with E-state index in [9.17, 15) is 27.2 Å². The van der Waals surface area contributed by atoms with E-state index in [4.69, 9.17) is 32.1 Å². The topological polar surface area (TPSA) is 238 Å². The minimum atomic E-state index is -0.635. The molecule has 0 radical (unpaired) electrons. The summed E-state index contributed by atoms with van der Waals surface area (Å²) < 4.78 is 60.8. The van der Waals surface area contributed by atoms with Crippen LogP contribution in [0.3, 0.4) is 0 Å². The molecule has 20 heteroatoms. The Bertz CT molecular complexity index is 3000. The van der Waals surface area contributed by atoms with Crippen molar-refractivity contribution >= 4 is 34.5 Å². The van der Waals surface area contributed by atoms with Crippen molar-refractivity contribution in [2.45, 2.75) is 27.9 Å². The molecule has 0 atom stereocenters. The summed E-state index contributed by atoms with van der Waals surface area (Å²) in [6.07, 6.45) is 4.36. The van der Waals surface area contributed by atoms with Gasteiger partial charge in [-0.3, -0.25) is 9.59 Å². The Kier molecular flexibility index (Phi) is 21.8. The van der Waals surface area contributed by atoms with Gasteiger partial charge in [0.25, 0.3) is 5.91 Å². The van der Waals surface area contributed by atoms with Crippen LogP contribution in [-0.4, -0.2) is 67.7 Å². The Balaban J connectivity index is 0.000000381. The van der Waals surface area contributed by atoms with Crippen molar-refractivity contribution in [1.82, 2.24) is 24.8 Å². The van der Waals surface area contributed by atoms with Crippen molar-refractivity contribution in [2.75, 3.05) is 68.5 Å². The molecule has 0 fully saturated rings. The normalized spacial score (nSPS) is 9.80. The second kappa shape index (κ2) is 26.6. The van der Waals surface area contributed by atoms with Crippen LogP contribution in [0, 0.1) is 45.9 Å². The number of nitrogens with zero attached hydrogens (tertiary/aromatic N) is 9. The molecular weight excluding hydrogens is 907 g/mol. The Morgan fingerprint density at radius 1 is 0.714 bits per heavy atom. The summed E-state index contributed by atoms with van der Waals surface area (Å²) in [5.41, 5.74) is 19.5. The number of carbonyl (C=O) groups is 1. The molecule has 7 aromatic rings. The summed E-state index contributed by atoms with van der Waals surface area (Å²) in [6.45, 7) is 0.164. The summed E-state index contributed by atoms with van der Waals surface area (Å²) in [5, 5.41) is 19.5. The number of rotatable bonds is 9. The molecule has 368 valence electrons. The predicted octanol–water partition coefficient (Wildman–Crippen LogP) is 7.88. The maximum Gasteiger partial charge on any atom is 0.274 e. The first-order valence-electron chi connectivity index (χ1n) is 20.3. The highest BCUT2D eigenvalue weighted by Gasteiger charge is 2.23. The van der Waals surface area contributed by atoms with E-state index in [1.165, 1.54) is 47.4 Å². The van der Waals surface area contributed by atoms with Gasteiger partial charge in [0.1, 0.15) is 24.1 Å². The van der Waals surface area contributed by atoms with Gasteiger partial charge in [-0.2, -0.15) is 10.5 Å². The van der Waals surface area contributed by atoms with Crippen molar-refractivity contribution in [3.63, 3.8) is 0 Å². The second-order valence-electron chi connectivity index (χ2n) is 15.0. The van der Waals surface area contributed by atoms with E-state index in [-0.39, 0.29) is 84.9 Å². The summed E-state index contributed by atoms with van der Waals surface area (Å²) in [5.74, 6) is -2.37. The molecule has 0 bridgehead atoms. The average molecular weight is 964 g/mol. The quantitative estimate of drug-likeness (QED) is 0.0796. The van der Waals surface area contributed by atoms with Crippen LogP contribution in [0.4, 0.5) is 46.1 Å². The number of aryl methyl sites for hydroxylation is 1. The number of nitrogens with two attached hydrogens (primary N) is 3. The number of nitriles is 2. The lowest BCUT2D eigenvalue weighted by molar-refractivity contribution is 0.0946. The number of nitrogens with one attached hydrogen (secondary N) is 1. The van der Waals surface area contributed by atoms with Gasteiger partial charge in [0.15, 0.2) is 40.5 Å². The molecular formula is C50H57F4N13O3. The van der Waals surface area contributed by atoms with Gasteiger partial charge < -0.3 is 46.2 Å². The number of hydrogen-bond acceptors (Lipinski definition) is 14. The molecule has 0 saturated heterocycles. The fourth-order valence-electron chi connectivity index (χ4n) is 6.00. The first kappa shape index (κ1) is 57.4. The number of hydrogen-bond donors (Lipinski definition) is 4. The Morgan fingerprint density at radius 3 is 1.73 bits per heavy atom. The molecule has 1 amide bonds. The minimum Gasteiger partial charge on any atom is -0.443 e. The van der Waals surface area contributed by atoms with Crippen LogP contribution >= 0.6 is 0 Å². The maximum atomic E-state index is 14.7. The van der Waals surface area contributed by atoms with E-state index in [0.29, 0.717) is 33.8 Å². The predicted molar refractivity (Wildman–Crippen MR) is 268 cm³/mol. The van der Waals surface area contributed by atoms with E-state index in [2.05, 4.69) is 20.3 Å². The smallest absolute Gasteiger partial charge is 0.274 e. The molecule has 3 aromatic heterocycles. The van der Waals surface area contributed by atoms with Crippen LogP contribution in [0.1, 0.15) is 47.6 Å². The van der Waals surface area contributed by atoms with Gasteiger partial charge in [-0.05, 0) is 42.5 Å². The number of benzene rings is 4. The third-order valence-corrected chi connectivity index (χ3v) is 9.60. The lowest BCUT2D eigenvalue weighted by Crippen LogP contribution is -2.26. The monoisotopic (exact) mass is 963 g/mol. The number of carbonyl (C=O) groups excluding carboxylic acids is 1. The van der Waals surface area contributed by atoms with Gasteiger partial charge >= 0.3 is 0 Å².